The van der Waals surface area contributed by atoms with E-state index in [0.29, 0.717) is 0 Å². The van der Waals surface area contributed by atoms with Crippen molar-refractivity contribution < 1.29 is 19.1 Å². The molecule has 0 fully saturated rings. The summed E-state index contributed by atoms with van der Waals surface area (Å²) in [6, 6.07) is 25.4. The summed E-state index contributed by atoms with van der Waals surface area (Å²) in [5.74, 6) is -0.980. The van der Waals surface area contributed by atoms with E-state index in [9.17, 15) is 9.59 Å². The Morgan fingerprint density at radius 2 is 1.36 bits per heavy atom. The molecule has 0 saturated carbocycles. The van der Waals surface area contributed by atoms with E-state index in [1.807, 2.05) is 75.4 Å². The summed E-state index contributed by atoms with van der Waals surface area (Å²) in [5, 5.41) is 3.57. The molecule has 0 aliphatic heterocycles. The summed E-state index contributed by atoms with van der Waals surface area (Å²) < 4.78 is 10.6. The Labute approximate surface area is 194 Å². The smallest absolute Gasteiger partial charge is 0.324 e. The molecule has 170 valence electrons. The van der Waals surface area contributed by atoms with Crippen molar-refractivity contribution in [1.29, 1.82) is 0 Å². The highest BCUT2D eigenvalue weighted by Gasteiger charge is 2.47. The van der Waals surface area contributed by atoms with Crippen LogP contribution in [0.5, 0.6) is 0 Å². The van der Waals surface area contributed by atoms with Crippen molar-refractivity contribution in [2.45, 2.75) is 44.4 Å². The fraction of sp³-hybridized carbons (Fsp3) is 0.286. The van der Waals surface area contributed by atoms with E-state index in [-0.39, 0.29) is 6.42 Å². The fourth-order valence-electron chi connectivity index (χ4n) is 4.55. The minimum absolute atomic E-state index is 0.148. The number of ether oxygens (including phenoxy) is 2. The predicted octanol–water partition coefficient (Wildman–Crippen LogP) is 4.82. The average Bonchev–Trinajstić information content (AvgIpc) is 3.09. The number of methoxy groups -OCH3 is 1. The Bertz CT molecular complexity index is 1120. The van der Waals surface area contributed by atoms with Crippen molar-refractivity contribution in [3.63, 3.8) is 0 Å². The fourth-order valence-corrected chi connectivity index (χ4v) is 4.55. The Balaban J connectivity index is 1.92. The highest BCUT2D eigenvalue weighted by atomic mass is 16.6. The average molecular weight is 444 g/mol. The van der Waals surface area contributed by atoms with Gasteiger partial charge in [0, 0.05) is 0 Å². The Hall–Kier alpha value is -3.44. The molecule has 0 bridgehead atoms. The molecule has 1 aliphatic carbocycles. The van der Waals surface area contributed by atoms with E-state index in [1.165, 1.54) is 7.11 Å². The molecule has 0 unspecified atom stereocenters. The standard InChI is InChI=1S/C28H29NO4/c1-27(2,3)33-26(31)24(18-25(30)32-4)29-28(19-12-6-5-7-13-19)22-16-10-8-14-20(22)21-15-9-11-17-23(21)28/h5-17,24,29H,18H2,1-4H3/t24-/m0/s1. The first-order valence-corrected chi connectivity index (χ1v) is 11.1. The maximum Gasteiger partial charge on any atom is 0.324 e. The zero-order valence-electron chi connectivity index (χ0n) is 19.4. The van der Waals surface area contributed by atoms with Gasteiger partial charge in [-0.05, 0) is 48.6 Å². The van der Waals surface area contributed by atoms with Crippen LogP contribution in [0.3, 0.4) is 0 Å². The van der Waals surface area contributed by atoms with Crippen molar-refractivity contribution in [3.8, 4) is 11.1 Å². The van der Waals surface area contributed by atoms with E-state index in [1.54, 1.807) is 0 Å². The molecular formula is C28H29NO4. The van der Waals surface area contributed by atoms with Crippen LogP contribution in [0.1, 0.15) is 43.9 Å². The maximum atomic E-state index is 13.3. The van der Waals surface area contributed by atoms with E-state index in [4.69, 9.17) is 9.47 Å². The van der Waals surface area contributed by atoms with Crippen LogP contribution in [-0.2, 0) is 24.6 Å². The highest BCUT2D eigenvalue weighted by Crippen LogP contribution is 2.51. The molecule has 1 N–H and O–H groups in total. The lowest BCUT2D eigenvalue weighted by molar-refractivity contribution is -0.161. The number of carbonyl (C=O) groups excluding carboxylic acids is 2. The molecule has 1 atom stereocenters. The first-order valence-electron chi connectivity index (χ1n) is 11.1. The quantitative estimate of drug-likeness (QED) is 0.553. The van der Waals surface area contributed by atoms with Crippen molar-refractivity contribution >= 4 is 11.9 Å². The van der Waals surface area contributed by atoms with Crippen LogP contribution in [0, 0.1) is 0 Å². The van der Waals surface area contributed by atoms with Gasteiger partial charge in [-0.15, -0.1) is 0 Å². The third-order valence-corrected chi connectivity index (χ3v) is 5.84. The van der Waals surface area contributed by atoms with Crippen molar-refractivity contribution in [1.82, 2.24) is 5.32 Å². The van der Waals surface area contributed by atoms with Gasteiger partial charge in [0.05, 0.1) is 19.1 Å². The first-order chi connectivity index (χ1) is 15.8. The Kier molecular flexibility index (Phi) is 6.09. The lowest BCUT2D eigenvalue weighted by atomic mass is 9.79. The summed E-state index contributed by atoms with van der Waals surface area (Å²) in [6.45, 7) is 5.44. The molecule has 3 aromatic rings. The Morgan fingerprint density at radius 1 is 0.848 bits per heavy atom. The topological polar surface area (TPSA) is 64.6 Å². The molecule has 4 rings (SSSR count). The van der Waals surface area contributed by atoms with Gasteiger partial charge in [0.15, 0.2) is 0 Å². The van der Waals surface area contributed by atoms with Crippen LogP contribution < -0.4 is 5.32 Å². The van der Waals surface area contributed by atoms with E-state index in [0.717, 1.165) is 27.8 Å². The second-order valence-electron chi connectivity index (χ2n) is 9.22. The molecule has 5 heteroatoms. The zero-order chi connectivity index (χ0) is 23.6. The number of carbonyl (C=O) groups is 2. The summed E-state index contributed by atoms with van der Waals surface area (Å²) in [5.41, 5.74) is 3.66. The lowest BCUT2D eigenvalue weighted by Gasteiger charge is -2.37. The van der Waals surface area contributed by atoms with Gasteiger partial charge in [-0.3, -0.25) is 14.9 Å². The number of benzene rings is 3. The molecule has 0 heterocycles. The second-order valence-corrected chi connectivity index (χ2v) is 9.22. The van der Waals surface area contributed by atoms with E-state index < -0.39 is 29.1 Å². The lowest BCUT2D eigenvalue weighted by Crippen LogP contribution is -2.53. The van der Waals surface area contributed by atoms with Crippen LogP contribution in [0.4, 0.5) is 0 Å². The minimum atomic E-state index is -0.920. The van der Waals surface area contributed by atoms with Gasteiger partial charge in [0.1, 0.15) is 11.6 Å². The summed E-state index contributed by atoms with van der Waals surface area (Å²) in [7, 11) is 1.32. The summed E-state index contributed by atoms with van der Waals surface area (Å²) in [6.07, 6.45) is -0.148. The number of nitrogens with one attached hydrogen (secondary N) is 1. The molecule has 1 aliphatic rings. The van der Waals surface area contributed by atoms with Crippen molar-refractivity contribution in [2.24, 2.45) is 0 Å². The zero-order valence-corrected chi connectivity index (χ0v) is 19.4. The van der Waals surface area contributed by atoms with Gasteiger partial charge < -0.3 is 9.47 Å². The monoisotopic (exact) mass is 443 g/mol. The van der Waals surface area contributed by atoms with Gasteiger partial charge in [-0.25, -0.2) is 0 Å². The maximum absolute atomic E-state index is 13.3. The minimum Gasteiger partial charge on any atom is -0.469 e. The molecule has 0 spiro atoms. The second kappa shape index (κ2) is 8.83. The van der Waals surface area contributed by atoms with Crippen LogP contribution in [0.25, 0.3) is 11.1 Å². The van der Waals surface area contributed by atoms with Gasteiger partial charge >= 0.3 is 11.9 Å². The third kappa shape index (κ3) is 4.29. The largest absolute Gasteiger partial charge is 0.469 e. The highest BCUT2D eigenvalue weighted by molar-refractivity contribution is 5.86. The normalized spacial score (nSPS) is 14.7. The number of fused-ring (bicyclic) bond motifs is 3. The number of hydrogen-bond donors (Lipinski definition) is 1. The SMILES string of the molecule is COC(=O)C[C@H](NC1(c2ccccc2)c2ccccc2-c2ccccc21)C(=O)OC(C)(C)C. The van der Waals surface area contributed by atoms with Crippen LogP contribution in [0.2, 0.25) is 0 Å². The Morgan fingerprint density at radius 3 is 1.88 bits per heavy atom. The first kappa shape index (κ1) is 22.7. The van der Waals surface area contributed by atoms with Crippen LogP contribution in [0.15, 0.2) is 78.9 Å². The number of esters is 2. The van der Waals surface area contributed by atoms with Crippen molar-refractivity contribution in [3.05, 3.63) is 95.6 Å². The molecule has 33 heavy (non-hydrogen) atoms. The molecule has 5 nitrogen and oxygen atoms in total. The van der Waals surface area contributed by atoms with Gasteiger partial charge in [0.25, 0.3) is 0 Å². The molecule has 0 saturated heterocycles. The molecule has 0 amide bonds. The van der Waals surface area contributed by atoms with Gasteiger partial charge in [-0.2, -0.15) is 0 Å². The summed E-state index contributed by atoms with van der Waals surface area (Å²) >= 11 is 0. The van der Waals surface area contributed by atoms with Gasteiger partial charge in [0.2, 0.25) is 0 Å². The van der Waals surface area contributed by atoms with Crippen LogP contribution >= 0.6 is 0 Å². The van der Waals surface area contributed by atoms with Gasteiger partial charge in [-0.1, -0.05) is 78.9 Å². The number of hydrogen-bond acceptors (Lipinski definition) is 5. The molecular weight excluding hydrogens is 414 g/mol. The van der Waals surface area contributed by atoms with Crippen LogP contribution in [-0.4, -0.2) is 30.7 Å². The molecule has 0 aromatic heterocycles. The molecule has 0 radical (unpaired) electrons. The third-order valence-electron chi connectivity index (χ3n) is 5.84. The predicted molar refractivity (Wildman–Crippen MR) is 128 cm³/mol. The van der Waals surface area contributed by atoms with E-state index in [2.05, 4.69) is 29.6 Å². The number of rotatable bonds is 6. The van der Waals surface area contributed by atoms with E-state index >= 15 is 0 Å². The summed E-state index contributed by atoms with van der Waals surface area (Å²) in [4.78, 5) is 25.6. The van der Waals surface area contributed by atoms with Crippen molar-refractivity contribution in [2.75, 3.05) is 7.11 Å². The molecule has 3 aromatic carbocycles.